The topological polar surface area (TPSA) is 69.7 Å². The molecule has 0 radical (unpaired) electrons. The summed E-state index contributed by atoms with van der Waals surface area (Å²) in [6, 6.07) is 22.8. The zero-order valence-electron chi connectivity index (χ0n) is 16.7. The summed E-state index contributed by atoms with van der Waals surface area (Å²) in [4.78, 5) is 26.3. The maximum atomic E-state index is 13.5. The largest absolute Gasteiger partial charge is 0.425 e. The van der Waals surface area contributed by atoms with Crippen LogP contribution < -0.4 is 15.8 Å². The molecular weight excluding hydrogens is 404 g/mol. The van der Waals surface area contributed by atoms with Gasteiger partial charge in [-0.1, -0.05) is 60.7 Å². The Balaban J connectivity index is 1.57. The van der Waals surface area contributed by atoms with E-state index in [0.29, 0.717) is 38.8 Å². The molecular formula is C27H14O5. The Morgan fingerprint density at radius 1 is 0.625 bits per heavy atom. The minimum atomic E-state index is -0.508. The van der Waals surface area contributed by atoms with Crippen LogP contribution in [0.15, 0.2) is 91.2 Å². The predicted octanol–water partition coefficient (Wildman–Crippen LogP) is 5.90. The van der Waals surface area contributed by atoms with E-state index in [4.69, 9.17) is 13.6 Å². The average Bonchev–Trinajstić information content (AvgIpc) is 2.83. The second-order valence-corrected chi connectivity index (χ2v) is 7.99. The Bertz CT molecular complexity index is 1870. The first kappa shape index (κ1) is 17.3. The van der Waals surface area contributed by atoms with E-state index in [0.717, 1.165) is 21.5 Å². The van der Waals surface area contributed by atoms with Crippen molar-refractivity contribution in [1.29, 1.82) is 0 Å². The quantitative estimate of drug-likeness (QED) is 0.226. The summed E-state index contributed by atoms with van der Waals surface area (Å²) in [6.45, 7) is 0. The molecule has 4 aromatic carbocycles. The van der Waals surface area contributed by atoms with Gasteiger partial charge in [0.1, 0.15) is 11.2 Å². The van der Waals surface area contributed by atoms with Crippen molar-refractivity contribution < 1.29 is 13.6 Å². The van der Waals surface area contributed by atoms with Crippen LogP contribution in [-0.4, -0.2) is 0 Å². The lowest BCUT2D eigenvalue weighted by Crippen LogP contribution is -2.20. The molecule has 6 aromatic rings. The minimum absolute atomic E-state index is 0.0909. The second kappa shape index (κ2) is 6.08. The molecule has 0 amide bonds. The van der Waals surface area contributed by atoms with Gasteiger partial charge >= 0.3 is 5.63 Å². The van der Waals surface area contributed by atoms with Gasteiger partial charge in [-0.2, -0.15) is 0 Å². The molecule has 0 bridgehead atoms. The molecule has 2 aromatic heterocycles. The number of hydrogen-bond donors (Lipinski definition) is 0. The van der Waals surface area contributed by atoms with Crippen molar-refractivity contribution in [2.75, 3.05) is 0 Å². The summed E-state index contributed by atoms with van der Waals surface area (Å²) in [5.74, 6) is 0.522. The number of rotatable bonds is 0. The summed E-state index contributed by atoms with van der Waals surface area (Å²) in [5, 5.41) is 4.85. The second-order valence-electron chi connectivity index (χ2n) is 7.99. The van der Waals surface area contributed by atoms with E-state index in [1.807, 2.05) is 60.7 Å². The Morgan fingerprint density at radius 3 is 1.97 bits per heavy atom. The SMILES string of the molecule is O=c1oc2ccc3ccccc3c2c2c1Cc1c(oc3ccc4ccccc4c3c1=O)O2. The molecule has 7 rings (SSSR count). The van der Waals surface area contributed by atoms with Crippen molar-refractivity contribution >= 4 is 43.5 Å². The zero-order chi connectivity index (χ0) is 21.4. The van der Waals surface area contributed by atoms with Crippen molar-refractivity contribution in [3.8, 4) is 11.7 Å². The Labute approximate surface area is 180 Å². The fraction of sp³-hybridized carbons (Fsp3) is 0.0370. The van der Waals surface area contributed by atoms with Crippen LogP contribution in [0.3, 0.4) is 0 Å². The van der Waals surface area contributed by atoms with E-state index in [2.05, 4.69) is 0 Å². The average molecular weight is 418 g/mol. The fourth-order valence-electron chi connectivity index (χ4n) is 4.72. The zero-order valence-corrected chi connectivity index (χ0v) is 16.7. The maximum Gasteiger partial charge on any atom is 0.343 e. The van der Waals surface area contributed by atoms with Crippen molar-refractivity contribution in [3.63, 3.8) is 0 Å². The van der Waals surface area contributed by atoms with Gasteiger partial charge in [0.15, 0.2) is 5.75 Å². The molecule has 0 saturated carbocycles. The van der Waals surface area contributed by atoms with Gasteiger partial charge in [0.25, 0.3) is 5.95 Å². The van der Waals surface area contributed by atoms with Crippen molar-refractivity contribution in [2.24, 2.45) is 0 Å². The van der Waals surface area contributed by atoms with Gasteiger partial charge in [0.05, 0.1) is 21.9 Å². The first-order chi connectivity index (χ1) is 15.7. The molecule has 152 valence electrons. The Kier molecular flexibility index (Phi) is 3.29. The maximum absolute atomic E-state index is 13.5. The molecule has 0 N–H and O–H groups in total. The fourth-order valence-corrected chi connectivity index (χ4v) is 4.72. The Hall–Kier alpha value is -4.38. The van der Waals surface area contributed by atoms with E-state index in [1.165, 1.54) is 0 Å². The number of fused-ring (bicyclic) bond motifs is 9. The lowest BCUT2D eigenvalue weighted by atomic mass is 9.97. The smallest absolute Gasteiger partial charge is 0.343 e. The normalized spacial score (nSPS) is 12.8. The van der Waals surface area contributed by atoms with Crippen LogP contribution in [0.4, 0.5) is 0 Å². The highest BCUT2D eigenvalue weighted by Crippen LogP contribution is 2.42. The standard InChI is InChI=1S/C27H14O5/c28-24-18-13-19-25(23-17-8-4-2-6-15(17)10-12-21(23)30-26(19)29)32-27(18)31-20-11-9-14-5-1-3-7-16(14)22(20)24/h1-12H,13H2. The highest BCUT2D eigenvalue weighted by atomic mass is 16.6. The lowest BCUT2D eigenvalue weighted by molar-refractivity contribution is 0.335. The number of hydrogen-bond acceptors (Lipinski definition) is 5. The van der Waals surface area contributed by atoms with Gasteiger partial charge < -0.3 is 13.6 Å². The van der Waals surface area contributed by atoms with Crippen LogP contribution in [0.1, 0.15) is 11.1 Å². The summed E-state index contributed by atoms with van der Waals surface area (Å²) in [5.41, 5.74) is 0.839. The van der Waals surface area contributed by atoms with E-state index < -0.39 is 5.63 Å². The molecule has 0 spiro atoms. The molecule has 0 saturated heterocycles. The molecule has 0 unspecified atom stereocenters. The molecule has 0 aliphatic carbocycles. The molecule has 3 heterocycles. The van der Waals surface area contributed by atoms with Crippen LogP contribution in [0.25, 0.3) is 43.5 Å². The summed E-state index contributed by atoms with van der Waals surface area (Å²) in [7, 11) is 0. The third-order valence-electron chi connectivity index (χ3n) is 6.23. The predicted molar refractivity (Wildman–Crippen MR) is 123 cm³/mol. The molecule has 1 aliphatic rings. The first-order valence-electron chi connectivity index (χ1n) is 10.3. The highest BCUT2D eigenvalue weighted by Gasteiger charge is 2.29. The van der Waals surface area contributed by atoms with Crippen molar-refractivity contribution in [3.05, 3.63) is 105 Å². The van der Waals surface area contributed by atoms with Crippen LogP contribution >= 0.6 is 0 Å². The van der Waals surface area contributed by atoms with E-state index in [9.17, 15) is 9.59 Å². The first-order valence-corrected chi connectivity index (χ1v) is 10.3. The monoisotopic (exact) mass is 418 g/mol. The van der Waals surface area contributed by atoms with E-state index >= 15 is 0 Å². The van der Waals surface area contributed by atoms with Gasteiger partial charge in [-0.15, -0.1) is 0 Å². The van der Waals surface area contributed by atoms with Gasteiger partial charge in [-0.25, -0.2) is 4.79 Å². The van der Waals surface area contributed by atoms with Crippen LogP contribution in [-0.2, 0) is 6.42 Å². The number of benzene rings is 4. The van der Waals surface area contributed by atoms with Crippen LogP contribution in [0, 0.1) is 0 Å². The van der Waals surface area contributed by atoms with Gasteiger partial charge in [0.2, 0.25) is 5.43 Å². The molecule has 0 atom stereocenters. The van der Waals surface area contributed by atoms with Crippen molar-refractivity contribution in [1.82, 2.24) is 0 Å². The van der Waals surface area contributed by atoms with Crippen molar-refractivity contribution in [2.45, 2.75) is 6.42 Å². The lowest BCUT2D eigenvalue weighted by Gasteiger charge is -2.20. The Morgan fingerprint density at radius 2 is 1.25 bits per heavy atom. The summed E-state index contributed by atoms with van der Waals surface area (Å²) >= 11 is 0. The molecule has 32 heavy (non-hydrogen) atoms. The van der Waals surface area contributed by atoms with E-state index in [1.54, 1.807) is 12.1 Å². The minimum Gasteiger partial charge on any atom is -0.425 e. The van der Waals surface area contributed by atoms with Crippen LogP contribution in [0.2, 0.25) is 0 Å². The summed E-state index contributed by atoms with van der Waals surface area (Å²) < 4.78 is 17.8. The number of ether oxygens (including phenoxy) is 1. The highest BCUT2D eigenvalue weighted by molar-refractivity contribution is 6.09. The van der Waals surface area contributed by atoms with Gasteiger partial charge in [-0.3, -0.25) is 4.79 Å². The molecule has 1 aliphatic heterocycles. The van der Waals surface area contributed by atoms with Gasteiger partial charge in [-0.05, 0) is 33.7 Å². The molecule has 5 heteroatoms. The van der Waals surface area contributed by atoms with Gasteiger partial charge in [0, 0.05) is 6.42 Å². The third kappa shape index (κ3) is 2.22. The van der Waals surface area contributed by atoms with Crippen LogP contribution in [0.5, 0.6) is 11.7 Å². The summed E-state index contributed by atoms with van der Waals surface area (Å²) in [6.07, 6.45) is 0.0909. The molecule has 5 nitrogen and oxygen atoms in total. The molecule has 0 fully saturated rings. The third-order valence-corrected chi connectivity index (χ3v) is 6.23. The van der Waals surface area contributed by atoms with E-state index in [-0.39, 0.29) is 17.8 Å².